The predicted octanol–water partition coefficient (Wildman–Crippen LogP) is 4.87. The van der Waals surface area contributed by atoms with Crippen LogP contribution in [0.25, 0.3) is 5.76 Å². The first kappa shape index (κ1) is 23.4. The molecule has 0 saturated carbocycles. The van der Waals surface area contributed by atoms with Crippen LogP contribution in [0, 0.1) is 0 Å². The van der Waals surface area contributed by atoms with E-state index in [-0.39, 0.29) is 29.4 Å². The molecule has 3 aromatic rings. The summed E-state index contributed by atoms with van der Waals surface area (Å²) in [6.07, 6.45) is 0. The van der Waals surface area contributed by atoms with Gasteiger partial charge in [-0.2, -0.15) is 0 Å². The molecule has 2 aromatic carbocycles. The molecule has 8 heteroatoms. The van der Waals surface area contributed by atoms with Crippen molar-refractivity contribution in [3.05, 3.63) is 81.6 Å². The van der Waals surface area contributed by atoms with Crippen LogP contribution in [0.4, 0.5) is 0 Å². The van der Waals surface area contributed by atoms with E-state index in [0.717, 1.165) is 4.88 Å². The molecule has 0 aliphatic carbocycles. The summed E-state index contributed by atoms with van der Waals surface area (Å²) in [5.41, 5.74) is 0.886. The number of ether oxygens (including phenoxy) is 2. The number of amides is 1. The van der Waals surface area contributed by atoms with Gasteiger partial charge in [-0.1, -0.05) is 24.3 Å². The van der Waals surface area contributed by atoms with Crippen LogP contribution in [-0.4, -0.2) is 40.0 Å². The number of ketones is 1. The highest BCUT2D eigenvalue weighted by atomic mass is 32.1. The summed E-state index contributed by atoms with van der Waals surface area (Å²) in [4.78, 5) is 28.7. The van der Waals surface area contributed by atoms with Gasteiger partial charge in [0.25, 0.3) is 11.7 Å². The summed E-state index contributed by atoms with van der Waals surface area (Å²) < 4.78 is 11.1. The van der Waals surface area contributed by atoms with Gasteiger partial charge >= 0.3 is 0 Å². The number of carbonyl (C=O) groups is 2. The number of phenols is 1. The lowest BCUT2D eigenvalue weighted by Crippen LogP contribution is -2.28. The normalized spacial score (nSPS) is 17.2. The highest BCUT2D eigenvalue weighted by Gasteiger charge is 2.46. The Morgan fingerprint density at radius 1 is 1.03 bits per heavy atom. The molecule has 0 radical (unpaired) electrons. The minimum atomic E-state index is -0.863. The number of aliphatic hydroxyl groups is 1. The minimum Gasteiger partial charge on any atom is -0.507 e. The quantitative estimate of drug-likeness (QED) is 0.272. The van der Waals surface area contributed by atoms with E-state index < -0.39 is 17.7 Å². The van der Waals surface area contributed by atoms with Crippen molar-refractivity contribution in [3.63, 3.8) is 0 Å². The van der Waals surface area contributed by atoms with E-state index in [1.807, 2.05) is 24.4 Å². The molecular weight excluding hydrogens is 454 g/mol. The maximum Gasteiger partial charge on any atom is 0.295 e. The highest BCUT2D eigenvalue weighted by molar-refractivity contribution is 7.09. The molecule has 1 amide bonds. The predicted molar refractivity (Wildman–Crippen MR) is 129 cm³/mol. The molecule has 7 nitrogen and oxygen atoms in total. The second-order valence-corrected chi connectivity index (χ2v) is 8.66. The zero-order chi connectivity index (χ0) is 24.2. The Kier molecular flexibility index (Phi) is 6.88. The molecule has 4 rings (SSSR count). The summed E-state index contributed by atoms with van der Waals surface area (Å²) in [6.45, 7) is 4.62. The van der Waals surface area contributed by atoms with Crippen molar-refractivity contribution in [1.29, 1.82) is 0 Å². The Morgan fingerprint density at radius 2 is 1.82 bits per heavy atom. The first-order valence-corrected chi connectivity index (χ1v) is 11.8. The van der Waals surface area contributed by atoms with Gasteiger partial charge in [0.05, 0.1) is 31.4 Å². The largest absolute Gasteiger partial charge is 0.507 e. The van der Waals surface area contributed by atoms with Crippen LogP contribution in [0.1, 0.15) is 35.9 Å². The third kappa shape index (κ3) is 4.49. The number of thiophene rings is 1. The van der Waals surface area contributed by atoms with Crippen molar-refractivity contribution in [2.24, 2.45) is 0 Å². The first-order chi connectivity index (χ1) is 16.4. The molecule has 1 saturated heterocycles. The molecule has 34 heavy (non-hydrogen) atoms. The minimum absolute atomic E-state index is 0.0247. The van der Waals surface area contributed by atoms with Gasteiger partial charge in [-0.3, -0.25) is 9.59 Å². The van der Waals surface area contributed by atoms with E-state index >= 15 is 0 Å². The summed E-state index contributed by atoms with van der Waals surface area (Å²) in [6, 6.07) is 14.3. The Balaban J connectivity index is 1.87. The Bertz CT molecular complexity index is 1230. The van der Waals surface area contributed by atoms with E-state index in [1.165, 1.54) is 22.3 Å². The maximum atomic E-state index is 13.2. The van der Waals surface area contributed by atoms with Crippen LogP contribution < -0.4 is 9.47 Å². The number of benzene rings is 2. The average molecular weight is 480 g/mol. The average Bonchev–Trinajstić information content (AvgIpc) is 3.43. The number of hydrogen-bond acceptors (Lipinski definition) is 7. The number of rotatable bonds is 8. The molecule has 1 aromatic heterocycles. The van der Waals surface area contributed by atoms with Crippen LogP contribution in [0.2, 0.25) is 0 Å². The van der Waals surface area contributed by atoms with Crippen molar-refractivity contribution in [3.8, 4) is 17.2 Å². The SMILES string of the molecule is CCOc1cccc(/C(O)=C2/C(=O)C(=O)N(Cc3cccs3)C2c2ccc(O)c(OCC)c2)c1. The lowest BCUT2D eigenvalue weighted by Gasteiger charge is -2.25. The first-order valence-electron chi connectivity index (χ1n) is 10.9. The number of phenolic OH excluding ortho intramolecular Hbond substituents is 1. The Hall–Kier alpha value is -3.78. The number of likely N-dealkylation sites (tertiary alicyclic amines) is 1. The topological polar surface area (TPSA) is 96.3 Å². The van der Waals surface area contributed by atoms with Gasteiger partial charge in [-0.15, -0.1) is 11.3 Å². The lowest BCUT2D eigenvalue weighted by atomic mass is 9.95. The van der Waals surface area contributed by atoms with Gasteiger partial charge < -0.3 is 24.6 Å². The van der Waals surface area contributed by atoms with Crippen LogP contribution in [0.5, 0.6) is 17.2 Å². The molecule has 1 atom stereocenters. The zero-order valence-electron chi connectivity index (χ0n) is 18.9. The van der Waals surface area contributed by atoms with Crippen LogP contribution >= 0.6 is 11.3 Å². The number of aromatic hydroxyl groups is 1. The third-order valence-corrected chi connectivity index (χ3v) is 6.33. The van der Waals surface area contributed by atoms with E-state index in [9.17, 15) is 19.8 Å². The van der Waals surface area contributed by atoms with Crippen molar-refractivity contribution >= 4 is 28.8 Å². The number of Topliss-reactive ketones (excluding diaryl/α,β-unsaturated/α-hetero) is 1. The summed E-state index contributed by atoms with van der Waals surface area (Å²) in [5.74, 6) is -1.03. The molecule has 1 aliphatic heterocycles. The fraction of sp³-hybridized carbons (Fsp3) is 0.231. The lowest BCUT2D eigenvalue weighted by molar-refractivity contribution is -0.140. The summed E-state index contributed by atoms with van der Waals surface area (Å²) >= 11 is 1.47. The number of carbonyl (C=O) groups excluding carboxylic acids is 2. The Morgan fingerprint density at radius 3 is 2.53 bits per heavy atom. The van der Waals surface area contributed by atoms with E-state index in [1.54, 1.807) is 43.3 Å². The highest BCUT2D eigenvalue weighted by Crippen LogP contribution is 2.43. The van der Waals surface area contributed by atoms with Crippen molar-refractivity contribution in [1.82, 2.24) is 4.90 Å². The van der Waals surface area contributed by atoms with Crippen LogP contribution in [0.15, 0.2) is 65.6 Å². The monoisotopic (exact) mass is 479 g/mol. The molecule has 0 bridgehead atoms. The maximum absolute atomic E-state index is 13.2. The molecule has 2 heterocycles. The fourth-order valence-corrected chi connectivity index (χ4v) is 4.69. The molecule has 0 spiro atoms. The van der Waals surface area contributed by atoms with Crippen molar-refractivity contribution in [2.45, 2.75) is 26.4 Å². The summed E-state index contributed by atoms with van der Waals surface area (Å²) in [7, 11) is 0. The zero-order valence-corrected chi connectivity index (χ0v) is 19.7. The molecule has 1 unspecified atom stereocenters. The fourth-order valence-electron chi connectivity index (χ4n) is 3.99. The van der Waals surface area contributed by atoms with Crippen molar-refractivity contribution < 1.29 is 29.3 Å². The van der Waals surface area contributed by atoms with E-state index in [0.29, 0.717) is 30.1 Å². The summed E-state index contributed by atoms with van der Waals surface area (Å²) in [5, 5.41) is 23.3. The standard InChI is InChI=1S/C26H25NO6S/c1-3-32-18-8-5-7-17(13-18)24(29)22-23(16-10-11-20(28)21(14-16)33-4-2)27(26(31)25(22)30)15-19-9-6-12-34-19/h5-14,23,28-29H,3-4,15H2,1-2H3/b24-22-. The molecule has 176 valence electrons. The van der Waals surface area contributed by atoms with Gasteiger partial charge in [-0.05, 0) is 55.1 Å². The molecule has 2 N–H and O–H groups in total. The number of aliphatic hydroxyl groups excluding tert-OH is 1. The van der Waals surface area contributed by atoms with Crippen molar-refractivity contribution in [2.75, 3.05) is 13.2 Å². The van der Waals surface area contributed by atoms with Gasteiger partial charge in [0.2, 0.25) is 0 Å². The van der Waals surface area contributed by atoms with Crippen LogP contribution in [0.3, 0.4) is 0 Å². The molecule has 1 fully saturated rings. The second kappa shape index (κ2) is 10.0. The van der Waals surface area contributed by atoms with Gasteiger partial charge in [0.15, 0.2) is 11.5 Å². The molecule has 1 aliphatic rings. The molecular formula is C26H25NO6S. The number of hydrogen-bond donors (Lipinski definition) is 2. The van der Waals surface area contributed by atoms with Crippen LogP contribution in [-0.2, 0) is 16.1 Å². The third-order valence-electron chi connectivity index (χ3n) is 5.46. The van der Waals surface area contributed by atoms with E-state index in [2.05, 4.69) is 0 Å². The smallest absolute Gasteiger partial charge is 0.295 e. The number of nitrogens with zero attached hydrogens (tertiary/aromatic N) is 1. The Labute approximate surface area is 201 Å². The van der Waals surface area contributed by atoms with Gasteiger partial charge in [0.1, 0.15) is 11.5 Å². The van der Waals surface area contributed by atoms with Gasteiger partial charge in [-0.25, -0.2) is 0 Å². The van der Waals surface area contributed by atoms with Gasteiger partial charge in [0, 0.05) is 10.4 Å². The second-order valence-electron chi connectivity index (χ2n) is 7.63. The van der Waals surface area contributed by atoms with E-state index in [4.69, 9.17) is 9.47 Å².